The van der Waals surface area contributed by atoms with Gasteiger partial charge < -0.3 is 19.3 Å². The molecule has 33 heavy (non-hydrogen) atoms. The molecule has 3 aromatic rings. The standard InChI is InChI=1S/C25H21F2N3O3/c1-32-16-9-10-17-22(15-16)33-21-8-3-2-7-20(21)28-24(17)29-11-13-30(14-12-29)25(31)23-18(26)5-4-6-19(23)27/h2-10,15H,11-14H2,1H3. The molecule has 0 spiro atoms. The number of hydrogen-bond donors (Lipinski definition) is 0. The van der Waals surface area contributed by atoms with E-state index in [2.05, 4.69) is 4.90 Å². The number of piperazine rings is 1. The summed E-state index contributed by atoms with van der Waals surface area (Å²) in [5, 5.41) is 0. The van der Waals surface area contributed by atoms with Gasteiger partial charge in [0.25, 0.3) is 5.91 Å². The number of hydrogen-bond acceptors (Lipinski definition) is 5. The van der Waals surface area contributed by atoms with E-state index >= 15 is 0 Å². The average molecular weight is 449 g/mol. The summed E-state index contributed by atoms with van der Waals surface area (Å²) < 4.78 is 39.7. The summed E-state index contributed by atoms with van der Waals surface area (Å²) in [7, 11) is 1.59. The van der Waals surface area contributed by atoms with Crippen molar-refractivity contribution in [2.45, 2.75) is 0 Å². The van der Waals surface area contributed by atoms with Crippen molar-refractivity contribution in [1.82, 2.24) is 9.80 Å². The molecular formula is C25H21F2N3O3. The molecule has 6 nitrogen and oxygen atoms in total. The third-order valence-corrected chi connectivity index (χ3v) is 5.78. The Balaban J connectivity index is 1.43. The zero-order valence-corrected chi connectivity index (χ0v) is 17.9. The van der Waals surface area contributed by atoms with Gasteiger partial charge in [0.15, 0.2) is 5.75 Å². The van der Waals surface area contributed by atoms with Crippen molar-refractivity contribution < 1.29 is 23.0 Å². The molecule has 2 aliphatic rings. The smallest absolute Gasteiger partial charge is 0.259 e. The summed E-state index contributed by atoms with van der Waals surface area (Å²) in [4.78, 5) is 21.2. The van der Waals surface area contributed by atoms with Crippen molar-refractivity contribution in [3.8, 4) is 17.2 Å². The van der Waals surface area contributed by atoms with Crippen molar-refractivity contribution in [2.75, 3.05) is 33.3 Å². The van der Waals surface area contributed by atoms with E-state index in [1.54, 1.807) is 7.11 Å². The third kappa shape index (κ3) is 3.88. The van der Waals surface area contributed by atoms with Crippen LogP contribution in [0, 0.1) is 11.6 Å². The maximum Gasteiger partial charge on any atom is 0.259 e. The number of carbonyl (C=O) groups excluding carboxylic acids is 1. The highest BCUT2D eigenvalue weighted by atomic mass is 19.1. The van der Waals surface area contributed by atoms with Crippen molar-refractivity contribution in [3.63, 3.8) is 0 Å². The fourth-order valence-corrected chi connectivity index (χ4v) is 4.05. The van der Waals surface area contributed by atoms with Crippen molar-refractivity contribution >= 4 is 17.4 Å². The number of para-hydroxylation sites is 2. The number of rotatable bonds is 2. The van der Waals surface area contributed by atoms with Crippen LogP contribution in [-0.4, -0.2) is 54.8 Å². The number of aliphatic imine (C=N–C) groups is 1. The molecule has 3 aromatic carbocycles. The number of amidine groups is 1. The number of ether oxygens (including phenoxy) is 2. The maximum atomic E-state index is 14.1. The van der Waals surface area contributed by atoms with E-state index in [1.165, 1.54) is 11.0 Å². The first-order valence-electron chi connectivity index (χ1n) is 10.6. The van der Waals surface area contributed by atoms with Gasteiger partial charge in [0.1, 0.15) is 40.2 Å². The number of amides is 1. The van der Waals surface area contributed by atoms with E-state index in [0.717, 1.165) is 17.7 Å². The van der Waals surface area contributed by atoms with Gasteiger partial charge in [-0.2, -0.15) is 0 Å². The second-order valence-corrected chi connectivity index (χ2v) is 7.74. The van der Waals surface area contributed by atoms with Crippen molar-refractivity contribution in [3.05, 3.63) is 83.4 Å². The molecule has 2 heterocycles. The van der Waals surface area contributed by atoms with Crippen LogP contribution >= 0.6 is 0 Å². The lowest BCUT2D eigenvalue weighted by Crippen LogP contribution is -2.51. The van der Waals surface area contributed by atoms with E-state index in [4.69, 9.17) is 14.5 Å². The molecule has 0 radical (unpaired) electrons. The molecule has 1 fully saturated rings. The lowest BCUT2D eigenvalue weighted by molar-refractivity contribution is 0.0682. The van der Waals surface area contributed by atoms with E-state index in [0.29, 0.717) is 55.0 Å². The molecular weight excluding hydrogens is 428 g/mol. The third-order valence-electron chi connectivity index (χ3n) is 5.78. The quantitative estimate of drug-likeness (QED) is 0.573. The Bertz CT molecular complexity index is 1230. The largest absolute Gasteiger partial charge is 0.497 e. The van der Waals surface area contributed by atoms with Gasteiger partial charge in [0.05, 0.1) is 12.7 Å². The molecule has 1 saturated heterocycles. The average Bonchev–Trinajstić information content (AvgIpc) is 3.00. The molecule has 168 valence electrons. The highest BCUT2D eigenvalue weighted by molar-refractivity contribution is 6.04. The second-order valence-electron chi connectivity index (χ2n) is 7.74. The molecule has 0 aromatic heterocycles. The molecule has 0 unspecified atom stereocenters. The van der Waals surface area contributed by atoms with Gasteiger partial charge in [-0.25, -0.2) is 13.8 Å². The molecule has 8 heteroatoms. The van der Waals surface area contributed by atoms with Crippen LogP contribution in [0.2, 0.25) is 0 Å². The molecule has 0 saturated carbocycles. The number of carbonyl (C=O) groups is 1. The van der Waals surface area contributed by atoms with E-state index < -0.39 is 23.1 Å². The van der Waals surface area contributed by atoms with Gasteiger partial charge in [0.2, 0.25) is 0 Å². The lowest BCUT2D eigenvalue weighted by atomic mass is 10.1. The number of benzene rings is 3. The molecule has 2 aliphatic heterocycles. The minimum atomic E-state index is -0.854. The maximum absolute atomic E-state index is 14.1. The first kappa shape index (κ1) is 20.9. The topological polar surface area (TPSA) is 54.4 Å². The van der Waals surface area contributed by atoms with Gasteiger partial charge in [-0.15, -0.1) is 0 Å². The van der Waals surface area contributed by atoms with Crippen LogP contribution in [0.25, 0.3) is 0 Å². The van der Waals surface area contributed by atoms with Crippen LogP contribution in [0.15, 0.2) is 65.7 Å². The summed E-state index contributed by atoms with van der Waals surface area (Å²) in [6.07, 6.45) is 0. The number of halogens is 2. The van der Waals surface area contributed by atoms with Gasteiger partial charge in [-0.05, 0) is 36.4 Å². The van der Waals surface area contributed by atoms with E-state index in [9.17, 15) is 13.6 Å². The number of nitrogens with zero attached hydrogens (tertiary/aromatic N) is 3. The van der Waals surface area contributed by atoms with Crippen LogP contribution in [0.5, 0.6) is 17.2 Å². The Hall–Kier alpha value is -3.94. The fraction of sp³-hybridized carbons (Fsp3) is 0.200. The molecule has 0 atom stereocenters. The Kier molecular flexibility index (Phi) is 5.42. The minimum Gasteiger partial charge on any atom is -0.497 e. The Morgan fingerprint density at radius 3 is 2.39 bits per heavy atom. The van der Waals surface area contributed by atoms with Crippen molar-refractivity contribution in [1.29, 1.82) is 0 Å². The lowest BCUT2D eigenvalue weighted by Gasteiger charge is -2.36. The molecule has 0 bridgehead atoms. The Morgan fingerprint density at radius 1 is 0.939 bits per heavy atom. The minimum absolute atomic E-state index is 0.305. The SMILES string of the molecule is COc1ccc2c(c1)Oc1ccccc1N=C2N1CCN(C(=O)c2c(F)cccc2F)CC1. The second kappa shape index (κ2) is 8.54. The van der Waals surface area contributed by atoms with Crippen LogP contribution in [0.3, 0.4) is 0 Å². The van der Waals surface area contributed by atoms with Gasteiger partial charge >= 0.3 is 0 Å². The van der Waals surface area contributed by atoms with Crippen LogP contribution in [0.1, 0.15) is 15.9 Å². The first-order valence-corrected chi connectivity index (χ1v) is 10.6. The predicted molar refractivity (Wildman–Crippen MR) is 120 cm³/mol. The monoisotopic (exact) mass is 449 g/mol. The Morgan fingerprint density at radius 2 is 1.67 bits per heavy atom. The zero-order chi connectivity index (χ0) is 22.9. The van der Waals surface area contributed by atoms with Crippen LogP contribution in [0.4, 0.5) is 14.5 Å². The van der Waals surface area contributed by atoms with Gasteiger partial charge in [-0.1, -0.05) is 18.2 Å². The summed E-state index contributed by atoms with van der Waals surface area (Å²) in [5.41, 5.74) is 0.971. The summed E-state index contributed by atoms with van der Waals surface area (Å²) in [5.74, 6) is 0.263. The van der Waals surface area contributed by atoms with Crippen LogP contribution in [-0.2, 0) is 0 Å². The fourth-order valence-electron chi connectivity index (χ4n) is 4.05. The molecule has 5 rings (SSSR count). The summed E-state index contributed by atoms with van der Waals surface area (Å²) in [6, 6.07) is 16.5. The first-order chi connectivity index (χ1) is 16.0. The van der Waals surface area contributed by atoms with Gasteiger partial charge in [0, 0.05) is 32.2 Å². The van der Waals surface area contributed by atoms with E-state index in [-0.39, 0.29) is 0 Å². The summed E-state index contributed by atoms with van der Waals surface area (Å²) in [6.45, 7) is 1.52. The Labute approximate surface area is 189 Å². The summed E-state index contributed by atoms with van der Waals surface area (Å²) >= 11 is 0. The normalized spacial score (nSPS) is 15.1. The van der Waals surface area contributed by atoms with Crippen LogP contribution < -0.4 is 9.47 Å². The highest BCUT2D eigenvalue weighted by Crippen LogP contribution is 2.39. The number of methoxy groups -OCH3 is 1. The van der Waals surface area contributed by atoms with E-state index in [1.807, 2.05) is 42.5 Å². The van der Waals surface area contributed by atoms with Crippen molar-refractivity contribution in [2.24, 2.45) is 4.99 Å². The zero-order valence-electron chi connectivity index (χ0n) is 17.9. The molecule has 1 amide bonds. The highest BCUT2D eigenvalue weighted by Gasteiger charge is 2.30. The van der Waals surface area contributed by atoms with Gasteiger partial charge in [-0.3, -0.25) is 4.79 Å². The number of fused-ring (bicyclic) bond motifs is 2. The molecule has 0 N–H and O–H groups in total. The molecule has 0 aliphatic carbocycles. The predicted octanol–water partition coefficient (Wildman–Crippen LogP) is 4.62.